The Kier molecular flexibility index (Phi) is 7.19. The van der Waals surface area contributed by atoms with Gasteiger partial charge in [0.15, 0.2) is 5.17 Å². The minimum Gasteiger partial charge on any atom is -0.406 e. The number of amides is 1. The van der Waals surface area contributed by atoms with Crippen molar-refractivity contribution in [2.75, 3.05) is 10.7 Å². The molecule has 0 saturated carbocycles. The van der Waals surface area contributed by atoms with E-state index in [0.717, 1.165) is 38.6 Å². The van der Waals surface area contributed by atoms with E-state index in [1.165, 1.54) is 23.9 Å². The fraction of sp³-hybridized carbons (Fsp3) is 0.161. The highest BCUT2D eigenvalue weighted by molar-refractivity contribution is 8.15. The molecule has 0 atom stereocenters. The molecule has 4 aromatic carbocycles. The molecule has 2 heterocycles. The summed E-state index contributed by atoms with van der Waals surface area (Å²) in [5.41, 5.74) is 4.95. The van der Waals surface area contributed by atoms with Gasteiger partial charge in [-0.25, -0.2) is 4.98 Å². The Labute approximate surface area is 243 Å². The third-order valence-corrected chi connectivity index (χ3v) is 7.73. The molecule has 1 aliphatic heterocycles. The molecular weight excluding hydrogens is 563 g/mol. The van der Waals surface area contributed by atoms with Gasteiger partial charge in [-0.3, -0.25) is 14.3 Å². The Bertz CT molecular complexity index is 1860. The number of anilines is 1. The first kappa shape index (κ1) is 27.5. The fourth-order valence-corrected chi connectivity index (χ4v) is 5.74. The number of halogens is 3. The van der Waals surface area contributed by atoms with Gasteiger partial charge in [-0.1, -0.05) is 62.0 Å². The van der Waals surface area contributed by atoms with Crippen molar-refractivity contribution < 1.29 is 22.7 Å². The molecule has 0 unspecified atom stereocenters. The Hall–Kier alpha value is -4.64. The Morgan fingerprint density at radius 1 is 1.02 bits per heavy atom. The second-order valence-electron chi connectivity index (χ2n) is 9.93. The number of para-hydroxylation sites is 1. The van der Waals surface area contributed by atoms with E-state index < -0.39 is 6.36 Å². The minimum absolute atomic E-state index is 0.0261. The van der Waals surface area contributed by atoms with Gasteiger partial charge in [-0.15, -0.1) is 18.3 Å². The van der Waals surface area contributed by atoms with Gasteiger partial charge in [0.05, 0.1) is 28.7 Å². The number of imidazole rings is 1. The van der Waals surface area contributed by atoms with Crippen molar-refractivity contribution in [3.8, 4) is 11.4 Å². The number of ether oxygens (including phenoxy) is 1. The maximum atomic E-state index is 12.7. The van der Waals surface area contributed by atoms with Crippen LogP contribution in [0.2, 0.25) is 0 Å². The molecule has 7 nitrogen and oxygen atoms in total. The van der Waals surface area contributed by atoms with Crippen LogP contribution in [0.25, 0.3) is 27.5 Å². The molecule has 1 aromatic heterocycles. The zero-order valence-electron chi connectivity index (χ0n) is 22.5. The third kappa shape index (κ3) is 5.47. The van der Waals surface area contributed by atoms with Crippen molar-refractivity contribution in [2.24, 2.45) is 10.2 Å². The van der Waals surface area contributed by atoms with Crippen LogP contribution in [0.1, 0.15) is 30.9 Å². The quantitative estimate of drug-likeness (QED) is 0.151. The number of nitrogens with zero attached hydrogens (tertiary/aromatic N) is 5. The highest BCUT2D eigenvalue weighted by Crippen LogP contribution is 2.33. The highest BCUT2D eigenvalue weighted by atomic mass is 32.2. The average Bonchev–Trinajstić information content (AvgIpc) is 3.56. The average molecular weight is 588 g/mol. The van der Waals surface area contributed by atoms with Gasteiger partial charge in [0.2, 0.25) is 5.91 Å². The molecule has 0 aliphatic carbocycles. The van der Waals surface area contributed by atoms with Crippen LogP contribution < -0.4 is 9.64 Å². The van der Waals surface area contributed by atoms with Crippen molar-refractivity contribution in [1.82, 2.24) is 9.55 Å². The predicted molar refractivity (Wildman–Crippen MR) is 161 cm³/mol. The number of carbonyl (C=O) groups excluding carboxylic acids is 1. The number of amidine groups is 1. The number of hydrogen-bond donors (Lipinski definition) is 0. The molecule has 1 aliphatic rings. The molecule has 11 heteroatoms. The molecule has 0 N–H and O–H groups in total. The van der Waals surface area contributed by atoms with E-state index in [9.17, 15) is 18.0 Å². The fourth-order valence-electron chi connectivity index (χ4n) is 4.92. The Morgan fingerprint density at radius 2 is 1.81 bits per heavy atom. The summed E-state index contributed by atoms with van der Waals surface area (Å²) in [5.74, 6) is 0.247. The largest absolute Gasteiger partial charge is 0.573 e. The molecule has 0 bridgehead atoms. The van der Waals surface area contributed by atoms with Crippen molar-refractivity contribution in [2.45, 2.75) is 26.1 Å². The molecule has 212 valence electrons. The summed E-state index contributed by atoms with van der Waals surface area (Å²) in [7, 11) is 0. The third-order valence-electron chi connectivity index (χ3n) is 6.82. The standard InChI is InChI=1S/C31H24F3N5O2S/c1-19(2)24-5-3-4-6-26(24)39-28(40)17-42-30(39)37-36-16-20-7-13-25-21(15-20)8-14-27-29(25)35-18-38(27)22-9-11-23(12-10-22)41-31(32,33)34/h3-16,18-19H,17H2,1-2H3/b36-16+,37-30-. The number of thioether (sulfide) groups is 1. The summed E-state index contributed by atoms with van der Waals surface area (Å²) in [6, 6.07) is 23.2. The van der Waals surface area contributed by atoms with E-state index in [2.05, 4.69) is 33.8 Å². The lowest BCUT2D eigenvalue weighted by Crippen LogP contribution is -2.30. The molecule has 0 spiro atoms. The predicted octanol–water partition coefficient (Wildman–Crippen LogP) is 7.67. The molecular formula is C31H24F3N5O2S. The summed E-state index contributed by atoms with van der Waals surface area (Å²) >= 11 is 1.36. The molecule has 42 heavy (non-hydrogen) atoms. The topological polar surface area (TPSA) is 72.1 Å². The van der Waals surface area contributed by atoms with Gasteiger partial charge in [-0.2, -0.15) is 5.10 Å². The van der Waals surface area contributed by atoms with Gasteiger partial charge >= 0.3 is 6.36 Å². The van der Waals surface area contributed by atoms with Gasteiger partial charge < -0.3 is 4.74 Å². The second kappa shape index (κ2) is 11.0. The van der Waals surface area contributed by atoms with Crippen LogP contribution in [0.5, 0.6) is 5.75 Å². The lowest BCUT2D eigenvalue weighted by Gasteiger charge is -2.20. The van der Waals surface area contributed by atoms with Gasteiger partial charge in [0, 0.05) is 11.1 Å². The van der Waals surface area contributed by atoms with Crippen LogP contribution in [0.3, 0.4) is 0 Å². The van der Waals surface area contributed by atoms with E-state index in [4.69, 9.17) is 0 Å². The van der Waals surface area contributed by atoms with Crippen LogP contribution in [-0.2, 0) is 4.79 Å². The van der Waals surface area contributed by atoms with E-state index in [-0.39, 0.29) is 17.6 Å². The maximum absolute atomic E-state index is 12.7. The summed E-state index contributed by atoms with van der Waals surface area (Å²) in [6.07, 6.45) is -1.46. The molecule has 1 fully saturated rings. The summed E-state index contributed by atoms with van der Waals surface area (Å²) in [6.45, 7) is 4.18. The SMILES string of the molecule is CC(C)c1ccccc1N1C(=O)CS/C1=N\N=C\c1ccc2c(ccc3c2ncn3-c2ccc(OC(F)(F)F)cc2)c1. The first-order valence-corrected chi connectivity index (χ1v) is 14.1. The van der Waals surface area contributed by atoms with E-state index in [0.29, 0.717) is 16.6 Å². The lowest BCUT2D eigenvalue weighted by atomic mass is 10.0. The van der Waals surface area contributed by atoms with Crippen molar-refractivity contribution in [1.29, 1.82) is 0 Å². The lowest BCUT2D eigenvalue weighted by molar-refractivity contribution is -0.274. The molecule has 1 amide bonds. The van der Waals surface area contributed by atoms with E-state index in [1.54, 1.807) is 34.1 Å². The van der Waals surface area contributed by atoms with Crippen LogP contribution in [0.15, 0.2) is 95.4 Å². The number of alkyl halides is 3. The summed E-state index contributed by atoms with van der Waals surface area (Å²) in [5, 5.41) is 11.1. The normalized spacial score (nSPS) is 15.2. The maximum Gasteiger partial charge on any atom is 0.573 e. The van der Waals surface area contributed by atoms with Crippen molar-refractivity contribution >= 4 is 56.5 Å². The Balaban J connectivity index is 1.25. The van der Waals surface area contributed by atoms with Crippen molar-refractivity contribution in [3.05, 3.63) is 96.3 Å². The number of aromatic nitrogens is 2. The smallest absolute Gasteiger partial charge is 0.406 e. The summed E-state index contributed by atoms with van der Waals surface area (Å²) < 4.78 is 43.3. The van der Waals surface area contributed by atoms with Crippen LogP contribution >= 0.6 is 11.8 Å². The molecule has 6 rings (SSSR count). The number of carbonyl (C=O) groups is 1. The zero-order chi connectivity index (χ0) is 29.4. The molecule has 5 aromatic rings. The van der Waals surface area contributed by atoms with Gasteiger partial charge in [0.1, 0.15) is 12.1 Å². The van der Waals surface area contributed by atoms with E-state index in [1.807, 2.05) is 54.6 Å². The first-order valence-electron chi connectivity index (χ1n) is 13.1. The van der Waals surface area contributed by atoms with Crippen LogP contribution in [0.4, 0.5) is 18.9 Å². The van der Waals surface area contributed by atoms with Crippen LogP contribution in [-0.4, -0.2) is 39.0 Å². The zero-order valence-corrected chi connectivity index (χ0v) is 23.4. The summed E-state index contributed by atoms with van der Waals surface area (Å²) in [4.78, 5) is 18.9. The van der Waals surface area contributed by atoms with E-state index >= 15 is 0 Å². The second-order valence-corrected chi connectivity index (χ2v) is 10.9. The monoisotopic (exact) mass is 587 g/mol. The van der Waals surface area contributed by atoms with Crippen molar-refractivity contribution in [3.63, 3.8) is 0 Å². The molecule has 0 radical (unpaired) electrons. The number of hydrogen-bond acceptors (Lipinski definition) is 6. The number of rotatable bonds is 6. The van der Waals surface area contributed by atoms with Gasteiger partial charge in [-0.05, 0) is 64.9 Å². The minimum atomic E-state index is -4.74. The number of fused-ring (bicyclic) bond motifs is 3. The first-order chi connectivity index (χ1) is 20.2. The Morgan fingerprint density at radius 3 is 2.57 bits per heavy atom. The van der Waals surface area contributed by atoms with Crippen LogP contribution in [0, 0.1) is 0 Å². The number of benzene rings is 4. The highest BCUT2D eigenvalue weighted by Gasteiger charge is 2.32. The van der Waals surface area contributed by atoms with Gasteiger partial charge in [0.25, 0.3) is 0 Å². The molecule has 1 saturated heterocycles.